The zero-order valence-electron chi connectivity index (χ0n) is 13.3. The molecule has 1 saturated heterocycles. The smallest absolute Gasteiger partial charge is 0.224 e. The number of alkyl halides is 1. The molecule has 0 bridgehead atoms. The zero-order valence-corrected chi connectivity index (χ0v) is 13.3. The van der Waals surface area contributed by atoms with Crippen LogP contribution in [-0.2, 0) is 9.59 Å². The van der Waals surface area contributed by atoms with Crippen molar-refractivity contribution in [2.75, 3.05) is 0 Å². The molecule has 4 rings (SSSR count). The third-order valence-electron chi connectivity index (χ3n) is 7.18. The Balaban J connectivity index is 1.76. The minimum atomic E-state index is -0.841. The summed E-state index contributed by atoms with van der Waals surface area (Å²) in [6.07, 6.45) is 5.16. The van der Waals surface area contributed by atoms with Gasteiger partial charge in [-0.25, -0.2) is 4.39 Å². The number of nitrogens with one attached hydrogen (secondary N) is 1. The largest absolute Gasteiger partial charge is 0.330 e. The second-order valence-corrected chi connectivity index (χ2v) is 8.26. The Morgan fingerprint density at radius 2 is 2.05 bits per heavy atom. The number of carbonyl (C=O) groups is 2. The molecular formula is C18H24FNO2. The molecule has 2 saturated carbocycles. The molecule has 0 aromatic carbocycles. The quantitative estimate of drug-likeness (QED) is 0.747. The van der Waals surface area contributed by atoms with E-state index in [1.54, 1.807) is 0 Å². The van der Waals surface area contributed by atoms with Crippen LogP contribution in [0, 0.1) is 28.6 Å². The van der Waals surface area contributed by atoms with Crippen molar-refractivity contribution >= 4 is 11.7 Å². The van der Waals surface area contributed by atoms with E-state index >= 15 is 0 Å². The summed E-state index contributed by atoms with van der Waals surface area (Å²) in [7, 11) is 0. The lowest BCUT2D eigenvalue weighted by molar-refractivity contribution is -0.146. The number of ketones is 1. The fourth-order valence-corrected chi connectivity index (χ4v) is 5.97. The maximum absolute atomic E-state index is 14.4. The second kappa shape index (κ2) is 4.42. The van der Waals surface area contributed by atoms with E-state index in [9.17, 15) is 14.0 Å². The van der Waals surface area contributed by atoms with Crippen LogP contribution in [-0.4, -0.2) is 17.9 Å². The molecular weight excluding hydrogens is 281 g/mol. The maximum atomic E-state index is 14.4. The summed E-state index contributed by atoms with van der Waals surface area (Å²) in [6, 6.07) is 0. The Morgan fingerprint density at radius 3 is 2.82 bits per heavy atom. The van der Waals surface area contributed by atoms with Crippen molar-refractivity contribution in [1.82, 2.24) is 5.32 Å². The van der Waals surface area contributed by atoms with Gasteiger partial charge < -0.3 is 5.32 Å². The molecule has 4 aliphatic rings. The molecule has 0 aromatic heterocycles. The third-order valence-corrected chi connectivity index (χ3v) is 7.18. The highest BCUT2D eigenvalue weighted by atomic mass is 19.1. The molecule has 1 aliphatic heterocycles. The van der Waals surface area contributed by atoms with E-state index < -0.39 is 11.6 Å². The van der Waals surface area contributed by atoms with Gasteiger partial charge in [0, 0.05) is 35.3 Å². The standard InChI is InChI=1S/C18H24FNO2/c1-17-8-7-15(22)20-14(17)6-3-10-11-4-5-13(19)18(11,2)9-12(21)16(10)17/h6,10-11,13,16H,3-5,7-9H2,1-2H3,(H,20,22). The number of amides is 1. The summed E-state index contributed by atoms with van der Waals surface area (Å²) in [6.45, 7) is 4.10. The molecule has 0 spiro atoms. The molecule has 1 heterocycles. The molecule has 1 amide bonds. The van der Waals surface area contributed by atoms with Gasteiger partial charge >= 0.3 is 0 Å². The number of rotatable bonds is 0. The highest BCUT2D eigenvalue weighted by Gasteiger charge is 2.62. The monoisotopic (exact) mass is 305 g/mol. The fourth-order valence-electron chi connectivity index (χ4n) is 5.97. The van der Waals surface area contributed by atoms with Gasteiger partial charge in [0.15, 0.2) is 0 Å². The van der Waals surface area contributed by atoms with Crippen LogP contribution in [0.2, 0.25) is 0 Å². The molecule has 3 aliphatic carbocycles. The number of carbonyl (C=O) groups excluding carboxylic acids is 2. The van der Waals surface area contributed by atoms with Gasteiger partial charge in [-0.1, -0.05) is 19.9 Å². The maximum Gasteiger partial charge on any atom is 0.224 e. The molecule has 6 atom stereocenters. The number of allylic oxidation sites excluding steroid dienone is 2. The van der Waals surface area contributed by atoms with Crippen molar-refractivity contribution in [2.45, 2.75) is 58.5 Å². The van der Waals surface area contributed by atoms with Gasteiger partial charge in [-0.05, 0) is 37.5 Å². The van der Waals surface area contributed by atoms with E-state index in [0.717, 1.165) is 25.0 Å². The topological polar surface area (TPSA) is 46.2 Å². The van der Waals surface area contributed by atoms with E-state index in [1.807, 2.05) is 6.92 Å². The predicted octanol–water partition coefficient (Wildman–Crippen LogP) is 3.15. The van der Waals surface area contributed by atoms with Gasteiger partial charge in [0.1, 0.15) is 12.0 Å². The van der Waals surface area contributed by atoms with Crippen LogP contribution in [0.5, 0.6) is 0 Å². The molecule has 3 nitrogen and oxygen atoms in total. The van der Waals surface area contributed by atoms with Crippen molar-refractivity contribution in [3.8, 4) is 0 Å². The van der Waals surface area contributed by atoms with Crippen molar-refractivity contribution in [3.05, 3.63) is 11.8 Å². The van der Waals surface area contributed by atoms with Crippen LogP contribution in [0.15, 0.2) is 11.8 Å². The minimum absolute atomic E-state index is 0.0449. The van der Waals surface area contributed by atoms with Crippen molar-refractivity contribution in [1.29, 1.82) is 0 Å². The molecule has 6 unspecified atom stereocenters. The normalized spacial score (nSPS) is 50.6. The lowest BCUT2D eigenvalue weighted by Gasteiger charge is -2.55. The molecule has 0 aromatic rings. The van der Waals surface area contributed by atoms with Crippen molar-refractivity contribution < 1.29 is 14.0 Å². The Morgan fingerprint density at radius 1 is 1.27 bits per heavy atom. The van der Waals surface area contributed by atoms with Gasteiger partial charge in [-0.2, -0.15) is 0 Å². The number of hydrogen-bond acceptors (Lipinski definition) is 2. The molecule has 4 heteroatoms. The van der Waals surface area contributed by atoms with Gasteiger partial charge in [0.2, 0.25) is 5.91 Å². The van der Waals surface area contributed by atoms with E-state index in [2.05, 4.69) is 18.3 Å². The molecule has 120 valence electrons. The van der Waals surface area contributed by atoms with Crippen LogP contribution in [0.4, 0.5) is 4.39 Å². The third kappa shape index (κ3) is 1.67. The summed E-state index contributed by atoms with van der Waals surface area (Å²) in [5.74, 6) is 0.780. The summed E-state index contributed by atoms with van der Waals surface area (Å²) in [5, 5.41) is 2.99. The number of halogens is 1. The van der Waals surface area contributed by atoms with Crippen LogP contribution in [0.1, 0.15) is 52.4 Å². The highest BCUT2D eigenvalue weighted by molar-refractivity contribution is 5.86. The minimum Gasteiger partial charge on any atom is -0.330 e. The first-order chi connectivity index (χ1) is 10.4. The Bertz CT molecular complexity index is 586. The zero-order chi connectivity index (χ0) is 15.7. The first kappa shape index (κ1) is 14.4. The lowest BCUT2D eigenvalue weighted by atomic mass is 9.49. The average molecular weight is 305 g/mol. The lowest BCUT2D eigenvalue weighted by Crippen LogP contribution is -2.57. The van der Waals surface area contributed by atoms with Crippen molar-refractivity contribution in [3.63, 3.8) is 0 Å². The fraction of sp³-hybridized carbons (Fsp3) is 0.778. The number of Topliss-reactive ketones (excluding diaryl/α,β-unsaturated/α-hetero) is 1. The average Bonchev–Trinajstić information content (AvgIpc) is 2.75. The number of hydrogen-bond donors (Lipinski definition) is 1. The van der Waals surface area contributed by atoms with Gasteiger partial charge in [-0.3, -0.25) is 9.59 Å². The van der Waals surface area contributed by atoms with Crippen LogP contribution in [0.3, 0.4) is 0 Å². The highest BCUT2D eigenvalue weighted by Crippen LogP contribution is 2.63. The van der Waals surface area contributed by atoms with E-state index in [4.69, 9.17) is 0 Å². The van der Waals surface area contributed by atoms with Crippen molar-refractivity contribution in [2.24, 2.45) is 28.6 Å². The first-order valence-corrected chi connectivity index (χ1v) is 8.53. The molecule has 3 fully saturated rings. The Hall–Kier alpha value is -1.19. The van der Waals surface area contributed by atoms with E-state index in [1.165, 1.54) is 0 Å². The van der Waals surface area contributed by atoms with E-state index in [0.29, 0.717) is 25.2 Å². The van der Waals surface area contributed by atoms with Crippen LogP contribution in [0.25, 0.3) is 0 Å². The summed E-state index contributed by atoms with van der Waals surface area (Å²) >= 11 is 0. The predicted molar refractivity (Wildman–Crippen MR) is 80.5 cm³/mol. The Labute approximate surface area is 130 Å². The van der Waals surface area contributed by atoms with Crippen LogP contribution >= 0.6 is 0 Å². The summed E-state index contributed by atoms with van der Waals surface area (Å²) in [5.41, 5.74) is 0.221. The number of piperidine rings is 1. The van der Waals surface area contributed by atoms with Gasteiger partial charge in [0.25, 0.3) is 0 Å². The summed E-state index contributed by atoms with van der Waals surface area (Å²) in [4.78, 5) is 24.6. The molecule has 0 radical (unpaired) electrons. The van der Waals surface area contributed by atoms with Gasteiger partial charge in [-0.15, -0.1) is 0 Å². The second-order valence-electron chi connectivity index (χ2n) is 8.26. The molecule has 1 N–H and O–H groups in total. The summed E-state index contributed by atoms with van der Waals surface area (Å²) < 4.78 is 14.4. The SMILES string of the molecule is CC12CCC(=O)NC1=CCC1C2C(=O)CC2(C)C(F)CCC12. The van der Waals surface area contributed by atoms with E-state index in [-0.39, 0.29) is 28.9 Å². The number of fused-ring (bicyclic) bond motifs is 5. The first-order valence-electron chi connectivity index (χ1n) is 8.53. The van der Waals surface area contributed by atoms with Gasteiger partial charge in [0.05, 0.1) is 0 Å². The molecule has 22 heavy (non-hydrogen) atoms. The Kier molecular flexibility index (Phi) is 2.90. The van der Waals surface area contributed by atoms with Crippen LogP contribution < -0.4 is 5.32 Å².